The number of nitrogens with zero attached hydrogens (tertiary/aromatic N) is 2. The van der Waals surface area contributed by atoms with Crippen LogP contribution in [0.5, 0.6) is 5.75 Å². The van der Waals surface area contributed by atoms with E-state index in [2.05, 4.69) is 16.8 Å². The topological polar surface area (TPSA) is 38.5 Å². The van der Waals surface area contributed by atoms with Gasteiger partial charge in [0.1, 0.15) is 12.0 Å². The number of aryl methyl sites for hydroxylation is 1. The lowest BCUT2D eigenvalue weighted by molar-refractivity contribution is 0.218. The molecular weight excluding hydrogens is 324 g/mol. The van der Waals surface area contributed by atoms with Crippen molar-refractivity contribution in [1.29, 1.82) is 0 Å². The van der Waals surface area contributed by atoms with Crippen molar-refractivity contribution >= 4 is 11.6 Å². The third-order valence-corrected chi connectivity index (χ3v) is 4.63. The molecule has 2 heterocycles. The maximum absolute atomic E-state index is 5.72. The Morgan fingerprint density at radius 2 is 2.08 bits per heavy atom. The van der Waals surface area contributed by atoms with Gasteiger partial charge in [-0.1, -0.05) is 6.42 Å². The minimum Gasteiger partial charge on any atom is -0.494 e. The van der Waals surface area contributed by atoms with Gasteiger partial charge in [0.05, 0.1) is 12.3 Å². The van der Waals surface area contributed by atoms with Gasteiger partial charge in [0.25, 0.3) is 0 Å². The van der Waals surface area contributed by atoms with Crippen LogP contribution in [-0.4, -0.2) is 35.5 Å². The first-order valence-corrected chi connectivity index (χ1v) is 9.26. The van der Waals surface area contributed by atoms with E-state index in [4.69, 9.17) is 20.8 Å². The number of piperidine rings is 1. The first kappa shape index (κ1) is 17.3. The summed E-state index contributed by atoms with van der Waals surface area (Å²) < 4.78 is 11.4. The van der Waals surface area contributed by atoms with Crippen LogP contribution in [0.2, 0.25) is 0 Å². The third kappa shape index (κ3) is 4.52. The lowest BCUT2D eigenvalue weighted by Crippen LogP contribution is -2.29. The summed E-state index contributed by atoms with van der Waals surface area (Å²) in [6.07, 6.45) is 6.55. The van der Waals surface area contributed by atoms with Gasteiger partial charge in [-0.15, -0.1) is 11.6 Å². The zero-order valence-electron chi connectivity index (χ0n) is 14.3. The molecule has 1 aromatic heterocycles. The minimum atomic E-state index is 0.618. The van der Waals surface area contributed by atoms with E-state index in [-0.39, 0.29) is 0 Å². The Hall–Kier alpha value is -1.52. The summed E-state index contributed by atoms with van der Waals surface area (Å²) in [7, 11) is 0. The fourth-order valence-electron chi connectivity index (χ4n) is 3.06. The van der Waals surface area contributed by atoms with Crippen LogP contribution in [0.1, 0.15) is 36.9 Å². The molecule has 0 bridgehead atoms. The highest BCUT2D eigenvalue weighted by Gasteiger charge is 2.15. The van der Waals surface area contributed by atoms with Crippen LogP contribution in [0.15, 0.2) is 28.9 Å². The lowest BCUT2D eigenvalue weighted by atomic mass is 10.1. The molecule has 0 amide bonds. The first-order chi connectivity index (χ1) is 11.8. The molecule has 1 saturated heterocycles. The van der Waals surface area contributed by atoms with E-state index in [0.717, 1.165) is 48.6 Å². The molecule has 1 aliphatic heterocycles. The molecule has 5 heteroatoms. The molecule has 1 fully saturated rings. The lowest BCUT2D eigenvalue weighted by Gasteiger charge is -2.25. The van der Waals surface area contributed by atoms with Crippen molar-refractivity contribution in [2.24, 2.45) is 0 Å². The van der Waals surface area contributed by atoms with Crippen molar-refractivity contribution < 1.29 is 9.15 Å². The van der Waals surface area contributed by atoms with Crippen LogP contribution >= 0.6 is 11.6 Å². The summed E-state index contributed by atoms with van der Waals surface area (Å²) in [5, 5.41) is 0. The van der Waals surface area contributed by atoms with E-state index in [1.54, 1.807) is 6.26 Å². The Bertz CT molecular complexity index is 651. The summed E-state index contributed by atoms with van der Waals surface area (Å²) in [5.41, 5.74) is 3.13. The smallest absolute Gasteiger partial charge is 0.226 e. The monoisotopic (exact) mass is 348 g/mol. The van der Waals surface area contributed by atoms with Crippen LogP contribution in [0, 0.1) is 6.92 Å². The van der Waals surface area contributed by atoms with Gasteiger partial charge in [-0.3, -0.25) is 4.90 Å². The second-order valence-corrected chi connectivity index (χ2v) is 6.73. The van der Waals surface area contributed by atoms with Crippen molar-refractivity contribution in [3.05, 3.63) is 35.7 Å². The summed E-state index contributed by atoms with van der Waals surface area (Å²) in [6, 6.07) is 6.00. The molecule has 3 rings (SSSR count). The van der Waals surface area contributed by atoms with Crippen molar-refractivity contribution in [2.75, 3.05) is 25.6 Å². The minimum absolute atomic E-state index is 0.618. The molecule has 2 aromatic rings. The Balaban J connectivity index is 1.65. The van der Waals surface area contributed by atoms with Crippen LogP contribution in [0.3, 0.4) is 0 Å². The Labute approximate surface area is 148 Å². The fraction of sp³-hybridized carbons (Fsp3) is 0.526. The highest BCUT2D eigenvalue weighted by atomic mass is 35.5. The van der Waals surface area contributed by atoms with Crippen molar-refractivity contribution in [3.63, 3.8) is 0 Å². The van der Waals surface area contributed by atoms with E-state index in [1.807, 2.05) is 18.2 Å². The normalized spacial score (nSPS) is 15.6. The number of benzene rings is 1. The van der Waals surface area contributed by atoms with Crippen molar-refractivity contribution in [3.8, 4) is 17.2 Å². The number of likely N-dealkylation sites (tertiary alicyclic amines) is 1. The quantitative estimate of drug-likeness (QED) is 0.539. The van der Waals surface area contributed by atoms with Crippen LogP contribution in [0.25, 0.3) is 11.5 Å². The predicted octanol–water partition coefficient (Wildman–Crippen LogP) is 4.64. The fourth-order valence-corrected chi connectivity index (χ4v) is 3.17. The van der Waals surface area contributed by atoms with Gasteiger partial charge < -0.3 is 9.15 Å². The number of oxazole rings is 1. The maximum atomic E-state index is 5.72. The number of aromatic nitrogens is 1. The van der Waals surface area contributed by atoms with E-state index in [1.165, 1.54) is 19.3 Å². The first-order valence-electron chi connectivity index (χ1n) is 8.73. The summed E-state index contributed by atoms with van der Waals surface area (Å²) in [5.74, 6) is 2.17. The van der Waals surface area contributed by atoms with Gasteiger partial charge in [0.15, 0.2) is 0 Å². The van der Waals surface area contributed by atoms with Gasteiger partial charge in [-0.25, -0.2) is 4.98 Å². The summed E-state index contributed by atoms with van der Waals surface area (Å²) in [6.45, 7) is 5.90. The average Bonchev–Trinajstić information content (AvgIpc) is 3.04. The Kier molecular flexibility index (Phi) is 6.16. The van der Waals surface area contributed by atoms with Crippen molar-refractivity contribution in [1.82, 2.24) is 9.88 Å². The highest BCUT2D eigenvalue weighted by Crippen LogP contribution is 2.27. The molecule has 0 spiro atoms. The molecule has 1 aliphatic rings. The molecule has 0 saturated carbocycles. The second kappa shape index (κ2) is 8.54. The molecule has 0 atom stereocenters. The second-order valence-electron chi connectivity index (χ2n) is 6.35. The Morgan fingerprint density at radius 1 is 1.25 bits per heavy atom. The number of rotatable bonds is 7. The zero-order chi connectivity index (χ0) is 16.8. The molecular formula is C19H25ClN2O2. The van der Waals surface area contributed by atoms with Crippen molar-refractivity contribution in [2.45, 2.75) is 39.2 Å². The number of ether oxygens (including phenoxy) is 1. The number of hydrogen-bond acceptors (Lipinski definition) is 4. The van der Waals surface area contributed by atoms with E-state index < -0.39 is 0 Å². The predicted molar refractivity (Wildman–Crippen MR) is 96.6 cm³/mol. The molecule has 0 N–H and O–H groups in total. The molecule has 0 unspecified atom stereocenters. The van der Waals surface area contributed by atoms with E-state index in [9.17, 15) is 0 Å². The molecule has 4 nitrogen and oxygen atoms in total. The van der Waals surface area contributed by atoms with E-state index in [0.29, 0.717) is 18.4 Å². The van der Waals surface area contributed by atoms with Crippen LogP contribution in [-0.2, 0) is 6.54 Å². The number of halogens is 1. The number of hydrogen-bond donors (Lipinski definition) is 0. The van der Waals surface area contributed by atoms with Crippen LogP contribution in [0.4, 0.5) is 0 Å². The standard InChI is InChI=1S/C19H25ClN2O2/c1-15-12-17(23-11-5-8-20)6-7-18(15)19-21-16(14-24-19)13-22-9-3-2-4-10-22/h6-7,12,14H,2-5,8-11,13H2,1H3. The van der Waals surface area contributed by atoms with Crippen LogP contribution < -0.4 is 4.74 Å². The SMILES string of the molecule is Cc1cc(OCCCCl)ccc1-c1nc(CN2CCCCC2)co1. The highest BCUT2D eigenvalue weighted by molar-refractivity contribution is 6.17. The Morgan fingerprint density at radius 3 is 2.83 bits per heavy atom. The molecule has 24 heavy (non-hydrogen) atoms. The van der Waals surface area contributed by atoms with Gasteiger partial charge in [-0.2, -0.15) is 0 Å². The molecule has 0 radical (unpaired) electrons. The molecule has 0 aliphatic carbocycles. The largest absolute Gasteiger partial charge is 0.494 e. The van der Waals surface area contributed by atoms with E-state index >= 15 is 0 Å². The maximum Gasteiger partial charge on any atom is 0.226 e. The van der Waals surface area contributed by atoms with Gasteiger partial charge in [0.2, 0.25) is 5.89 Å². The van der Waals surface area contributed by atoms with Gasteiger partial charge in [-0.05, 0) is 63.0 Å². The summed E-state index contributed by atoms with van der Waals surface area (Å²) in [4.78, 5) is 7.12. The zero-order valence-corrected chi connectivity index (χ0v) is 15.0. The number of alkyl halides is 1. The molecule has 130 valence electrons. The summed E-state index contributed by atoms with van der Waals surface area (Å²) >= 11 is 5.67. The van der Waals surface area contributed by atoms with Gasteiger partial charge >= 0.3 is 0 Å². The van der Waals surface area contributed by atoms with Gasteiger partial charge in [0, 0.05) is 18.0 Å². The molecule has 1 aromatic carbocycles. The third-order valence-electron chi connectivity index (χ3n) is 4.36. The average molecular weight is 349 g/mol.